The molecule has 1 heterocycles. The zero-order valence-corrected chi connectivity index (χ0v) is 11.5. The first-order valence-corrected chi connectivity index (χ1v) is 6.62. The lowest BCUT2D eigenvalue weighted by Gasteiger charge is -2.12. The maximum Gasteiger partial charge on any atom is 0.134 e. The first-order valence-electron chi connectivity index (χ1n) is 6.62. The number of hydrogen-bond acceptors (Lipinski definition) is 5. The largest absolute Gasteiger partial charge is 0.393 e. The fraction of sp³-hybridized carbons (Fsp3) is 0.692. The minimum Gasteiger partial charge on any atom is -0.393 e. The molecule has 1 unspecified atom stereocenters. The van der Waals surface area contributed by atoms with Gasteiger partial charge in [-0.25, -0.2) is 9.97 Å². The van der Waals surface area contributed by atoms with Crippen LogP contribution in [0.25, 0.3) is 0 Å². The van der Waals surface area contributed by atoms with E-state index in [9.17, 15) is 5.11 Å². The van der Waals surface area contributed by atoms with E-state index >= 15 is 0 Å². The standard InChI is InChI=1S/C13H24N4O/c1-4-7-14-12-11(3)13(17-9-16-12)15-8-5-6-10(2)18/h9-10,18H,4-8H2,1-3H3,(H2,14,15,16,17). The molecule has 0 bridgehead atoms. The summed E-state index contributed by atoms with van der Waals surface area (Å²) in [7, 11) is 0. The molecule has 0 saturated heterocycles. The van der Waals surface area contributed by atoms with Gasteiger partial charge in [0, 0.05) is 18.7 Å². The summed E-state index contributed by atoms with van der Waals surface area (Å²) in [5, 5.41) is 15.7. The van der Waals surface area contributed by atoms with Crippen molar-refractivity contribution in [1.29, 1.82) is 0 Å². The van der Waals surface area contributed by atoms with Crippen LogP contribution < -0.4 is 10.6 Å². The van der Waals surface area contributed by atoms with Crippen LogP contribution in [-0.4, -0.2) is 34.3 Å². The molecule has 1 atom stereocenters. The molecular formula is C13H24N4O. The lowest BCUT2D eigenvalue weighted by atomic mass is 10.2. The molecule has 0 fully saturated rings. The molecule has 0 amide bonds. The summed E-state index contributed by atoms with van der Waals surface area (Å²) in [5.41, 5.74) is 1.04. The van der Waals surface area contributed by atoms with Gasteiger partial charge in [0.25, 0.3) is 0 Å². The van der Waals surface area contributed by atoms with Gasteiger partial charge in [-0.1, -0.05) is 6.92 Å². The van der Waals surface area contributed by atoms with E-state index in [0.29, 0.717) is 0 Å². The normalized spacial score (nSPS) is 12.2. The second-order valence-electron chi connectivity index (χ2n) is 4.54. The highest BCUT2D eigenvalue weighted by Gasteiger charge is 2.05. The van der Waals surface area contributed by atoms with Crippen molar-refractivity contribution >= 4 is 11.6 Å². The van der Waals surface area contributed by atoms with Crippen molar-refractivity contribution < 1.29 is 5.11 Å². The topological polar surface area (TPSA) is 70.1 Å². The van der Waals surface area contributed by atoms with E-state index in [1.807, 2.05) is 13.8 Å². The Labute approximate surface area is 109 Å². The second kappa shape index (κ2) is 7.87. The van der Waals surface area contributed by atoms with Crippen molar-refractivity contribution in [2.24, 2.45) is 0 Å². The van der Waals surface area contributed by atoms with Gasteiger partial charge in [-0.15, -0.1) is 0 Å². The number of nitrogens with zero attached hydrogens (tertiary/aromatic N) is 2. The molecule has 0 aliphatic rings. The van der Waals surface area contributed by atoms with E-state index < -0.39 is 0 Å². The lowest BCUT2D eigenvalue weighted by Crippen LogP contribution is -2.11. The van der Waals surface area contributed by atoms with Gasteiger partial charge in [0.05, 0.1) is 6.10 Å². The van der Waals surface area contributed by atoms with Crippen LogP contribution in [0.4, 0.5) is 11.6 Å². The number of hydrogen-bond donors (Lipinski definition) is 3. The quantitative estimate of drug-likeness (QED) is 0.619. The highest BCUT2D eigenvalue weighted by Crippen LogP contribution is 2.18. The van der Waals surface area contributed by atoms with E-state index in [4.69, 9.17) is 0 Å². The van der Waals surface area contributed by atoms with E-state index in [1.165, 1.54) is 0 Å². The Hall–Kier alpha value is -1.36. The Morgan fingerprint density at radius 3 is 2.39 bits per heavy atom. The number of anilines is 2. The Kier molecular flexibility index (Phi) is 6.43. The van der Waals surface area contributed by atoms with Crippen LogP contribution in [-0.2, 0) is 0 Å². The zero-order valence-electron chi connectivity index (χ0n) is 11.5. The molecule has 102 valence electrons. The van der Waals surface area contributed by atoms with Crippen molar-refractivity contribution in [3.8, 4) is 0 Å². The molecule has 1 aromatic rings. The van der Waals surface area contributed by atoms with Crippen LogP contribution in [0.3, 0.4) is 0 Å². The predicted octanol–water partition coefficient (Wildman–Crippen LogP) is 2.18. The van der Waals surface area contributed by atoms with Crippen LogP contribution in [0.2, 0.25) is 0 Å². The van der Waals surface area contributed by atoms with Crippen molar-refractivity contribution in [3.05, 3.63) is 11.9 Å². The molecule has 5 heteroatoms. The molecule has 1 aromatic heterocycles. The van der Waals surface area contributed by atoms with Gasteiger partial charge in [0.2, 0.25) is 0 Å². The maximum atomic E-state index is 9.18. The maximum absolute atomic E-state index is 9.18. The Morgan fingerprint density at radius 1 is 1.22 bits per heavy atom. The number of nitrogens with one attached hydrogen (secondary N) is 2. The van der Waals surface area contributed by atoms with Crippen LogP contribution in [0.5, 0.6) is 0 Å². The molecule has 3 N–H and O–H groups in total. The average Bonchev–Trinajstić information content (AvgIpc) is 2.34. The third kappa shape index (κ3) is 4.87. The number of rotatable bonds is 8. The highest BCUT2D eigenvalue weighted by molar-refractivity contribution is 5.56. The molecule has 1 rings (SSSR count). The number of aliphatic hydroxyl groups excluding tert-OH is 1. The van der Waals surface area contributed by atoms with Gasteiger partial charge in [-0.2, -0.15) is 0 Å². The van der Waals surface area contributed by atoms with Gasteiger partial charge >= 0.3 is 0 Å². The first-order chi connectivity index (χ1) is 8.65. The van der Waals surface area contributed by atoms with Crippen LogP contribution in [0, 0.1) is 6.92 Å². The van der Waals surface area contributed by atoms with Gasteiger partial charge in [-0.3, -0.25) is 0 Å². The fourth-order valence-corrected chi connectivity index (χ4v) is 1.65. The van der Waals surface area contributed by atoms with Crippen LogP contribution in [0.1, 0.15) is 38.7 Å². The molecule has 18 heavy (non-hydrogen) atoms. The molecule has 0 aromatic carbocycles. The summed E-state index contributed by atoms with van der Waals surface area (Å²) in [6.07, 6.45) is 4.14. The molecule has 0 radical (unpaired) electrons. The van der Waals surface area contributed by atoms with Crippen molar-refractivity contribution in [3.63, 3.8) is 0 Å². The van der Waals surface area contributed by atoms with Crippen LogP contribution in [0.15, 0.2) is 6.33 Å². The second-order valence-corrected chi connectivity index (χ2v) is 4.54. The third-order valence-electron chi connectivity index (χ3n) is 2.72. The average molecular weight is 252 g/mol. The fourth-order valence-electron chi connectivity index (χ4n) is 1.65. The SMILES string of the molecule is CCCNc1ncnc(NCCCC(C)O)c1C. The summed E-state index contributed by atoms with van der Waals surface area (Å²) in [5.74, 6) is 1.76. The van der Waals surface area contributed by atoms with Gasteiger partial charge in [-0.05, 0) is 33.1 Å². The van der Waals surface area contributed by atoms with Crippen LogP contribution >= 0.6 is 0 Å². The Morgan fingerprint density at radius 2 is 1.83 bits per heavy atom. The summed E-state index contributed by atoms with van der Waals surface area (Å²) >= 11 is 0. The minimum atomic E-state index is -0.236. The lowest BCUT2D eigenvalue weighted by molar-refractivity contribution is 0.183. The smallest absolute Gasteiger partial charge is 0.134 e. The Balaban J connectivity index is 2.49. The van der Waals surface area contributed by atoms with E-state index in [0.717, 1.165) is 49.6 Å². The summed E-state index contributed by atoms with van der Waals surface area (Å²) < 4.78 is 0. The minimum absolute atomic E-state index is 0.236. The monoisotopic (exact) mass is 252 g/mol. The van der Waals surface area contributed by atoms with Gasteiger partial charge in [0.15, 0.2) is 0 Å². The highest BCUT2D eigenvalue weighted by atomic mass is 16.3. The van der Waals surface area contributed by atoms with E-state index in [-0.39, 0.29) is 6.10 Å². The first kappa shape index (κ1) is 14.7. The molecule has 0 spiro atoms. The molecular weight excluding hydrogens is 228 g/mol. The van der Waals surface area contributed by atoms with Crippen molar-refractivity contribution in [1.82, 2.24) is 9.97 Å². The molecule has 5 nitrogen and oxygen atoms in total. The molecule has 0 aliphatic carbocycles. The summed E-state index contributed by atoms with van der Waals surface area (Å²) in [6, 6.07) is 0. The van der Waals surface area contributed by atoms with Crippen molar-refractivity contribution in [2.75, 3.05) is 23.7 Å². The van der Waals surface area contributed by atoms with E-state index in [2.05, 4.69) is 27.5 Å². The predicted molar refractivity (Wildman–Crippen MR) is 75.0 cm³/mol. The zero-order chi connectivity index (χ0) is 13.4. The number of aromatic nitrogens is 2. The van der Waals surface area contributed by atoms with E-state index in [1.54, 1.807) is 6.33 Å². The third-order valence-corrected chi connectivity index (χ3v) is 2.72. The molecule has 0 saturated carbocycles. The van der Waals surface area contributed by atoms with Crippen molar-refractivity contribution in [2.45, 2.75) is 46.1 Å². The summed E-state index contributed by atoms with van der Waals surface area (Å²) in [4.78, 5) is 8.47. The van der Waals surface area contributed by atoms with Gasteiger partial charge in [0.1, 0.15) is 18.0 Å². The Bertz CT molecular complexity index is 355. The van der Waals surface area contributed by atoms with Gasteiger partial charge < -0.3 is 15.7 Å². The molecule has 0 aliphatic heterocycles. The number of aliphatic hydroxyl groups is 1. The summed E-state index contributed by atoms with van der Waals surface area (Å²) in [6.45, 7) is 7.67.